The van der Waals surface area contributed by atoms with Gasteiger partial charge in [0, 0.05) is 113 Å². The SMILES string of the molecule is Brc1cccc(-c2nc(-c3ccccc3)nc(-c3ccccc3)n2)c1.CC1(C)OB(c2cccc3c2oc2cccc(-c4nc(-c5ccccc5)c5sc6ccccc6c5n4)c23)OC1(C)C.c1ccc(-c2nc(-c3ccccc3)nc(-c3cccc(-c4cccc5c4oc4cccc(-c6nc(-c7ccccc7)c7sc8ccccc8c7n6)c45)c3)n2)cc1. The molecule has 1 aliphatic rings. The van der Waals surface area contributed by atoms with Crippen LogP contribution in [0.3, 0.4) is 0 Å². The Balaban J connectivity index is 0.000000121. The quantitative estimate of drug-likeness (QED) is 0.106. The van der Waals surface area contributed by atoms with Gasteiger partial charge in [0.2, 0.25) is 0 Å². The molecule has 0 atom stereocenters. The van der Waals surface area contributed by atoms with Crippen LogP contribution < -0.4 is 5.46 Å². The Labute approximate surface area is 718 Å². The third-order valence-electron chi connectivity index (χ3n) is 22.5. The van der Waals surface area contributed by atoms with E-state index in [-0.39, 0.29) is 0 Å². The smallest absolute Gasteiger partial charge is 0.456 e. The van der Waals surface area contributed by atoms with Crippen molar-refractivity contribution < 1.29 is 18.1 Å². The first kappa shape index (κ1) is 75.3. The molecule has 18 heteroatoms. The zero-order valence-corrected chi connectivity index (χ0v) is 69.6. The maximum absolute atomic E-state index is 6.76. The molecule has 1 aliphatic heterocycles. The maximum Gasteiger partial charge on any atom is 0.498 e. The first-order valence-corrected chi connectivity index (χ1v) is 42.6. The van der Waals surface area contributed by atoms with E-state index in [1.165, 1.54) is 9.40 Å². The predicted molar refractivity (Wildman–Crippen MR) is 501 cm³/mol. The minimum Gasteiger partial charge on any atom is -0.456 e. The van der Waals surface area contributed by atoms with Gasteiger partial charge in [0.25, 0.3) is 0 Å². The fourth-order valence-electron chi connectivity index (χ4n) is 15.8. The van der Waals surface area contributed by atoms with Crippen molar-refractivity contribution in [2.24, 2.45) is 0 Å². The van der Waals surface area contributed by atoms with Gasteiger partial charge in [-0.1, -0.05) is 325 Å². The van der Waals surface area contributed by atoms with Crippen molar-refractivity contribution in [3.8, 4) is 125 Å². The van der Waals surface area contributed by atoms with Crippen molar-refractivity contribution in [1.29, 1.82) is 0 Å². The molecule has 22 aromatic rings. The average Bonchev–Trinajstić information content (AvgIpc) is 1.57. The number of rotatable bonds is 12. The summed E-state index contributed by atoms with van der Waals surface area (Å²) in [4.78, 5) is 49.9. The second kappa shape index (κ2) is 31.5. The molecule has 8 aromatic heterocycles. The number of fused-ring (bicyclic) bond motifs is 12. The monoisotopic (exact) mass is 1680 g/mol. The second-order valence-electron chi connectivity index (χ2n) is 30.8. The molecule has 9 heterocycles. The minimum absolute atomic E-state index is 0.447. The van der Waals surface area contributed by atoms with E-state index >= 15 is 0 Å². The minimum atomic E-state index is -0.526. The van der Waals surface area contributed by atoms with E-state index in [0.717, 1.165) is 163 Å². The van der Waals surface area contributed by atoms with Gasteiger partial charge >= 0.3 is 7.12 Å². The fraction of sp³-hybridized carbons (Fsp3) is 0.0577. The van der Waals surface area contributed by atoms with Crippen LogP contribution in [0.2, 0.25) is 0 Å². The number of halogens is 1. The van der Waals surface area contributed by atoms with Crippen LogP contribution in [0.25, 0.3) is 209 Å². The van der Waals surface area contributed by atoms with Gasteiger partial charge < -0.3 is 18.1 Å². The van der Waals surface area contributed by atoms with Crippen molar-refractivity contribution in [1.82, 2.24) is 49.8 Å². The zero-order chi connectivity index (χ0) is 82.0. The lowest BCUT2D eigenvalue weighted by molar-refractivity contribution is 0.00578. The lowest BCUT2D eigenvalue weighted by Crippen LogP contribution is -2.41. The van der Waals surface area contributed by atoms with Crippen LogP contribution in [0.15, 0.2) is 365 Å². The molecule has 1 saturated heterocycles. The molecule has 0 amide bonds. The van der Waals surface area contributed by atoms with E-state index in [1.807, 2.05) is 206 Å². The number of thiophene rings is 2. The van der Waals surface area contributed by atoms with Crippen molar-refractivity contribution in [2.45, 2.75) is 38.9 Å². The summed E-state index contributed by atoms with van der Waals surface area (Å²) < 4.78 is 31.7. The Morgan fingerprint density at radius 1 is 0.270 bits per heavy atom. The Bertz CT molecular complexity index is 7620. The Kier molecular flexibility index (Phi) is 19.4. The van der Waals surface area contributed by atoms with Crippen LogP contribution in [-0.4, -0.2) is 68.2 Å². The number of benzene rings is 14. The van der Waals surface area contributed by atoms with Gasteiger partial charge in [-0.15, -0.1) is 22.7 Å². The van der Waals surface area contributed by atoms with Crippen LogP contribution in [0.1, 0.15) is 27.7 Å². The maximum atomic E-state index is 6.76. The number of hydrogen-bond donors (Lipinski definition) is 0. The van der Waals surface area contributed by atoms with Crippen LogP contribution >= 0.6 is 38.6 Å². The zero-order valence-electron chi connectivity index (χ0n) is 66.4. The molecule has 0 saturated carbocycles. The Hall–Kier alpha value is -14.2. The Morgan fingerprint density at radius 3 is 1.04 bits per heavy atom. The third kappa shape index (κ3) is 14.1. The van der Waals surface area contributed by atoms with E-state index < -0.39 is 18.3 Å². The molecule has 1 fully saturated rings. The van der Waals surface area contributed by atoms with Crippen molar-refractivity contribution >= 4 is 136 Å². The number of para-hydroxylation sites is 2. The molecule has 122 heavy (non-hydrogen) atoms. The summed E-state index contributed by atoms with van der Waals surface area (Å²) in [5.74, 6) is 5.19. The molecule has 582 valence electrons. The fourth-order valence-corrected chi connectivity index (χ4v) is 18.5. The summed E-state index contributed by atoms with van der Waals surface area (Å²) in [5, 5.41) is 6.22. The Morgan fingerprint density at radius 2 is 0.598 bits per heavy atom. The highest BCUT2D eigenvalue weighted by molar-refractivity contribution is 9.10. The lowest BCUT2D eigenvalue weighted by atomic mass is 9.78. The summed E-state index contributed by atoms with van der Waals surface area (Å²) >= 11 is 6.99. The normalized spacial score (nSPS) is 13.0. The summed E-state index contributed by atoms with van der Waals surface area (Å²) in [5.41, 5.74) is 18.5. The van der Waals surface area contributed by atoms with Crippen LogP contribution in [-0.2, 0) is 9.31 Å². The summed E-state index contributed by atoms with van der Waals surface area (Å²) in [6.07, 6.45) is 0. The van der Waals surface area contributed by atoms with Gasteiger partial charge in [-0.25, -0.2) is 49.8 Å². The van der Waals surface area contributed by atoms with E-state index in [0.29, 0.717) is 46.6 Å². The molecular weight excluding hydrogens is 1610 g/mol. The molecule has 14 aromatic carbocycles. The van der Waals surface area contributed by atoms with Crippen LogP contribution in [0, 0.1) is 0 Å². The summed E-state index contributed by atoms with van der Waals surface area (Å²) in [7, 11) is -0.526. The van der Waals surface area contributed by atoms with Crippen molar-refractivity contribution in [3.05, 3.63) is 356 Å². The van der Waals surface area contributed by atoms with Crippen LogP contribution in [0.4, 0.5) is 0 Å². The third-order valence-corrected chi connectivity index (χ3v) is 25.3. The van der Waals surface area contributed by atoms with Gasteiger partial charge in [0.15, 0.2) is 46.6 Å². The summed E-state index contributed by atoms with van der Waals surface area (Å²) in [6.45, 7) is 8.26. The van der Waals surface area contributed by atoms with Gasteiger partial charge in [0.05, 0.1) is 43.0 Å². The molecule has 0 N–H and O–H groups in total. The molecule has 0 spiro atoms. The van der Waals surface area contributed by atoms with Crippen LogP contribution in [0.5, 0.6) is 0 Å². The molecule has 0 radical (unpaired) electrons. The largest absolute Gasteiger partial charge is 0.498 e. The van der Waals surface area contributed by atoms with E-state index in [1.54, 1.807) is 22.7 Å². The molecule has 0 aliphatic carbocycles. The topological polar surface area (TPSA) is 174 Å². The molecule has 0 bridgehead atoms. The first-order valence-electron chi connectivity index (χ1n) is 40.2. The van der Waals surface area contributed by atoms with E-state index in [9.17, 15) is 0 Å². The van der Waals surface area contributed by atoms with Crippen molar-refractivity contribution in [3.63, 3.8) is 0 Å². The highest BCUT2D eigenvalue weighted by Gasteiger charge is 2.52. The molecular formula is C104H70BBrN10O4S2. The summed E-state index contributed by atoms with van der Waals surface area (Å²) in [6, 6.07) is 119. The number of hydrogen-bond acceptors (Lipinski definition) is 16. The number of nitrogens with zero attached hydrogens (tertiary/aromatic N) is 10. The molecule has 14 nitrogen and oxygen atoms in total. The standard InChI is InChI=1S/C49H29N5OS.C34H27BN2O3S.C21H14BrN3/c1-4-15-30(16-5-1)42-45-43(36-23-10-11-28-40(36)56-45)51-49(50-42)38-26-14-27-39-41(38)37-25-13-24-35(44(37)55-39)33-21-12-22-34(29-33)48-53-46(31-17-6-2-7-18-31)52-47(54-48)32-19-8-3-9-20-32;1-33(2)34(3,4)40-35(39-33)24-17-10-15-22-27-23(16-11-18-25(27)38-30(22)24)32-36-28(20-12-6-5-7-13-20)31-29(37-32)21-14-8-9-19-26(21)41-31;22-18-13-7-12-17(14-18)21-24-19(15-8-3-1-4-9-15)23-20(25-21)16-10-5-2-6-11-16/h1-29H;5-19H,1-4H3;1-14H. The second-order valence-corrected chi connectivity index (χ2v) is 33.8. The highest BCUT2D eigenvalue weighted by atomic mass is 79.9. The van der Waals surface area contributed by atoms with Gasteiger partial charge in [-0.05, 0) is 75.7 Å². The highest BCUT2D eigenvalue weighted by Crippen LogP contribution is 2.47. The van der Waals surface area contributed by atoms with E-state index in [4.69, 9.17) is 63.0 Å². The van der Waals surface area contributed by atoms with E-state index in [2.05, 4.69) is 194 Å². The number of aromatic nitrogens is 10. The van der Waals surface area contributed by atoms with Gasteiger partial charge in [0.1, 0.15) is 22.3 Å². The van der Waals surface area contributed by atoms with Gasteiger partial charge in [-0.2, -0.15) is 0 Å². The number of furan rings is 2. The lowest BCUT2D eigenvalue weighted by Gasteiger charge is -2.32. The predicted octanol–water partition coefficient (Wildman–Crippen LogP) is 26.9. The molecule has 0 unspecified atom stereocenters. The average molecular weight is 1680 g/mol. The van der Waals surface area contributed by atoms with Gasteiger partial charge in [-0.3, -0.25) is 0 Å². The first-order chi connectivity index (χ1) is 59.8. The molecule has 23 rings (SSSR count). The van der Waals surface area contributed by atoms with Crippen molar-refractivity contribution in [2.75, 3.05) is 0 Å².